The summed E-state index contributed by atoms with van der Waals surface area (Å²) in [6.45, 7) is 2.10. The van der Waals surface area contributed by atoms with E-state index in [9.17, 15) is 0 Å². The second-order valence-electron chi connectivity index (χ2n) is 7.03. The van der Waals surface area contributed by atoms with E-state index < -0.39 is 0 Å². The van der Waals surface area contributed by atoms with E-state index in [1.807, 2.05) is 36.5 Å². The molecule has 0 amide bonds. The van der Waals surface area contributed by atoms with Crippen LogP contribution in [0.2, 0.25) is 0 Å². The molecule has 0 bridgehead atoms. The molecule has 0 spiro atoms. The summed E-state index contributed by atoms with van der Waals surface area (Å²) in [5.41, 5.74) is 6.41. The highest BCUT2D eigenvalue weighted by Crippen LogP contribution is 2.41. The lowest BCUT2D eigenvalue weighted by Crippen LogP contribution is -1.94. The van der Waals surface area contributed by atoms with Crippen LogP contribution in [0.4, 0.5) is 11.4 Å². The fourth-order valence-electron chi connectivity index (χ4n) is 3.81. The summed E-state index contributed by atoms with van der Waals surface area (Å²) in [7, 11) is 3.24. The third-order valence-corrected chi connectivity index (χ3v) is 5.35. The van der Waals surface area contributed by atoms with E-state index in [2.05, 4.69) is 40.4 Å². The summed E-state index contributed by atoms with van der Waals surface area (Å²) in [6, 6.07) is 15.8. The summed E-state index contributed by atoms with van der Waals surface area (Å²) in [5.74, 6) is 1.94. The van der Waals surface area contributed by atoms with E-state index >= 15 is 0 Å². The van der Waals surface area contributed by atoms with Gasteiger partial charge >= 0.3 is 0 Å². The maximum atomic E-state index is 6.25. The first-order valence-electron chi connectivity index (χ1n) is 9.63. The molecule has 6 heteroatoms. The molecule has 0 saturated heterocycles. The Kier molecular flexibility index (Phi) is 4.32. The molecule has 0 atom stereocenters. The van der Waals surface area contributed by atoms with Gasteiger partial charge in [0.2, 0.25) is 0 Å². The van der Waals surface area contributed by atoms with Crippen molar-refractivity contribution in [2.24, 2.45) is 0 Å². The zero-order chi connectivity index (χ0) is 20.7. The van der Waals surface area contributed by atoms with Crippen molar-refractivity contribution in [3.63, 3.8) is 0 Å². The Balaban J connectivity index is 1.60. The average molecular weight is 399 g/mol. The van der Waals surface area contributed by atoms with Crippen molar-refractivity contribution >= 4 is 33.4 Å². The quantitative estimate of drug-likeness (QED) is 0.377. The Morgan fingerprint density at radius 1 is 1.00 bits per heavy atom. The molecule has 30 heavy (non-hydrogen) atoms. The molecule has 0 aliphatic carbocycles. The maximum Gasteiger partial charge on any atom is 0.176 e. The van der Waals surface area contributed by atoms with E-state index in [-0.39, 0.29) is 0 Å². The van der Waals surface area contributed by atoms with Crippen LogP contribution in [0.5, 0.6) is 11.5 Å². The molecule has 5 rings (SSSR count). The van der Waals surface area contributed by atoms with Crippen molar-refractivity contribution in [1.29, 1.82) is 0 Å². The highest BCUT2D eigenvalue weighted by atomic mass is 16.5. The maximum absolute atomic E-state index is 6.25. The summed E-state index contributed by atoms with van der Waals surface area (Å²) >= 11 is 0. The first-order chi connectivity index (χ1) is 14.7. The number of H-pyrrole nitrogens is 1. The lowest BCUT2D eigenvalue weighted by molar-refractivity contribution is 0.355. The summed E-state index contributed by atoms with van der Waals surface area (Å²) < 4.78 is 17.2. The van der Waals surface area contributed by atoms with Gasteiger partial charge in [0.05, 0.1) is 25.5 Å². The van der Waals surface area contributed by atoms with Crippen LogP contribution in [0.1, 0.15) is 5.56 Å². The number of ether oxygens (including phenoxy) is 2. The molecule has 0 aliphatic heterocycles. The zero-order valence-corrected chi connectivity index (χ0v) is 16.9. The van der Waals surface area contributed by atoms with Crippen LogP contribution >= 0.6 is 0 Å². The molecule has 0 saturated carbocycles. The molecule has 0 unspecified atom stereocenters. The van der Waals surface area contributed by atoms with Crippen LogP contribution in [0, 0.1) is 6.92 Å². The number of aromatic amines is 1. The minimum atomic E-state index is 0.627. The summed E-state index contributed by atoms with van der Waals surface area (Å²) in [4.78, 5) is 7.73. The molecule has 6 nitrogen and oxygen atoms in total. The second-order valence-corrected chi connectivity index (χ2v) is 7.03. The molecule has 3 heterocycles. The van der Waals surface area contributed by atoms with Gasteiger partial charge in [-0.2, -0.15) is 0 Å². The number of pyridine rings is 1. The number of nitrogens with one attached hydrogen (secondary N) is 2. The second kappa shape index (κ2) is 7.15. The van der Waals surface area contributed by atoms with Crippen LogP contribution < -0.4 is 14.8 Å². The van der Waals surface area contributed by atoms with Gasteiger partial charge in [0.15, 0.2) is 17.1 Å². The van der Waals surface area contributed by atoms with Crippen LogP contribution in [-0.4, -0.2) is 24.2 Å². The normalized spacial score (nSPS) is 11.2. The average Bonchev–Trinajstić information content (AvgIpc) is 3.43. The predicted molar refractivity (Wildman–Crippen MR) is 119 cm³/mol. The Bertz CT molecular complexity index is 1370. The third-order valence-electron chi connectivity index (χ3n) is 5.35. The number of methoxy groups -OCH3 is 2. The lowest BCUT2D eigenvalue weighted by atomic mass is 10.1. The van der Waals surface area contributed by atoms with Gasteiger partial charge in [0, 0.05) is 35.1 Å². The van der Waals surface area contributed by atoms with Gasteiger partial charge in [0.25, 0.3) is 0 Å². The fourth-order valence-corrected chi connectivity index (χ4v) is 3.81. The highest BCUT2D eigenvalue weighted by Gasteiger charge is 2.17. The molecule has 150 valence electrons. The van der Waals surface area contributed by atoms with Crippen LogP contribution in [0.15, 0.2) is 65.3 Å². The number of fused-ring (bicyclic) bond motifs is 2. The third kappa shape index (κ3) is 2.85. The Labute approximate surface area is 173 Å². The number of hydrogen-bond acceptors (Lipinski definition) is 5. The van der Waals surface area contributed by atoms with Gasteiger partial charge in [0.1, 0.15) is 11.3 Å². The number of benzene rings is 2. The van der Waals surface area contributed by atoms with E-state index in [0.717, 1.165) is 28.0 Å². The van der Waals surface area contributed by atoms with Crippen LogP contribution in [0.25, 0.3) is 33.3 Å². The van der Waals surface area contributed by atoms with E-state index in [1.165, 1.54) is 10.9 Å². The van der Waals surface area contributed by atoms with Gasteiger partial charge in [-0.05, 0) is 48.9 Å². The molecule has 0 fully saturated rings. The first-order valence-corrected chi connectivity index (χ1v) is 9.63. The molecule has 0 radical (unpaired) electrons. The van der Waals surface area contributed by atoms with Crippen molar-refractivity contribution in [2.45, 2.75) is 6.92 Å². The molecular formula is C24H21N3O3. The number of nitrogens with zero attached hydrogens (tertiary/aromatic N) is 1. The number of rotatable bonds is 5. The van der Waals surface area contributed by atoms with Crippen molar-refractivity contribution < 1.29 is 13.9 Å². The minimum absolute atomic E-state index is 0.627. The highest BCUT2D eigenvalue weighted by molar-refractivity contribution is 5.94. The number of furan rings is 1. The number of aromatic nitrogens is 2. The molecule has 3 aromatic heterocycles. The van der Waals surface area contributed by atoms with E-state index in [0.29, 0.717) is 22.8 Å². The molecule has 0 aliphatic rings. The molecular weight excluding hydrogens is 378 g/mol. The van der Waals surface area contributed by atoms with Crippen molar-refractivity contribution in [1.82, 2.24) is 9.97 Å². The first kappa shape index (κ1) is 18.1. The fraction of sp³-hybridized carbons (Fsp3) is 0.125. The summed E-state index contributed by atoms with van der Waals surface area (Å²) in [5, 5.41) is 4.70. The van der Waals surface area contributed by atoms with Gasteiger partial charge in [-0.1, -0.05) is 6.07 Å². The van der Waals surface area contributed by atoms with Crippen LogP contribution in [0.3, 0.4) is 0 Å². The Morgan fingerprint density at radius 3 is 2.73 bits per heavy atom. The predicted octanol–water partition coefficient (Wildman–Crippen LogP) is 6.05. The molecule has 5 aromatic rings. The topological polar surface area (TPSA) is 72.3 Å². The van der Waals surface area contributed by atoms with E-state index in [4.69, 9.17) is 13.9 Å². The largest absolute Gasteiger partial charge is 0.493 e. The van der Waals surface area contributed by atoms with Crippen LogP contribution in [-0.2, 0) is 0 Å². The van der Waals surface area contributed by atoms with Crippen molar-refractivity contribution in [3.05, 3.63) is 66.5 Å². The SMILES string of the molecule is COc1cccc(-c2cc3nccc(Nc4ccc5[nH]ccc5c4C)c3o2)c1OC. The van der Waals surface area contributed by atoms with Gasteiger partial charge in [-0.15, -0.1) is 0 Å². The number of hydrogen-bond donors (Lipinski definition) is 2. The standard InChI is InChI=1S/C24H21N3O3/c1-14-15-9-11-25-18(15)8-7-17(14)27-19-10-12-26-20-13-22(30-24(19)20)16-5-4-6-21(28-2)23(16)29-3/h4-13,25H,1-3H3,(H,26,27). The van der Waals surface area contributed by atoms with Crippen molar-refractivity contribution in [2.75, 3.05) is 19.5 Å². The number of aryl methyl sites for hydroxylation is 1. The Morgan fingerprint density at radius 2 is 1.90 bits per heavy atom. The van der Waals surface area contributed by atoms with Gasteiger partial charge in [-0.25, -0.2) is 0 Å². The molecule has 2 N–H and O–H groups in total. The summed E-state index contributed by atoms with van der Waals surface area (Å²) in [6.07, 6.45) is 3.73. The molecule has 2 aromatic carbocycles. The number of para-hydroxylation sites is 1. The minimum Gasteiger partial charge on any atom is -0.493 e. The van der Waals surface area contributed by atoms with Gasteiger partial charge < -0.3 is 24.2 Å². The monoisotopic (exact) mass is 399 g/mol. The Hall–Kier alpha value is -3.93. The number of anilines is 2. The van der Waals surface area contributed by atoms with Crippen molar-refractivity contribution in [3.8, 4) is 22.8 Å². The lowest BCUT2D eigenvalue weighted by Gasteiger charge is -2.11. The van der Waals surface area contributed by atoms with Gasteiger partial charge in [-0.3, -0.25) is 4.98 Å². The zero-order valence-electron chi connectivity index (χ0n) is 16.9. The smallest absolute Gasteiger partial charge is 0.176 e. The van der Waals surface area contributed by atoms with E-state index in [1.54, 1.807) is 20.4 Å².